The third kappa shape index (κ3) is 2.76. The van der Waals surface area contributed by atoms with Crippen molar-refractivity contribution < 1.29 is 5.11 Å². The van der Waals surface area contributed by atoms with Gasteiger partial charge in [0.15, 0.2) is 0 Å². The number of aromatic nitrogens is 6. The van der Waals surface area contributed by atoms with Crippen LogP contribution in [-0.4, -0.2) is 54.2 Å². The highest BCUT2D eigenvalue weighted by atomic mass is 16.3. The first-order valence-corrected chi connectivity index (χ1v) is 8.64. The molecule has 3 aromatic heterocycles. The van der Waals surface area contributed by atoms with Crippen LogP contribution in [0.5, 0.6) is 0 Å². The maximum Gasteiger partial charge on any atom is 0.254 e. The average molecular weight is 341 g/mol. The van der Waals surface area contributed by atoms with Crippen LogP contribution in [0.15, 0.2) is 24.8 Å². The van der Waals surface area contributed by atoms with Crippen molar-refractivity contribution in [3.8, 4) is 0 Å². The highest BCUT2D eigenvalue weighted by molar-refractivity contribution is 5.49. The Morgan fingerprint density at radius 1 is 1.28 bits per heavy atom. The first-order chi connectivity index (χ1) is 12.1. The number of anilines is 1. The third-order valence-corrected chi connectivity index (χ3v) is 4.94. The van der Waals surface area contributed by atoms with Gasteiger partial charge in [0.05, 0.1) is 6.20 Å². The van der Waals surface area contributed by atoms with E-state index in [0.717, 1.165) is 24.6 Å². The molecule has 3 aromatic rings. The minimum atomic E-state index is 0.151. The second-order valence-electron chi connectivity index (χ2n) is 7.03. The molecule has 1 aliphatic heterocycles. The van der Waals surface area contributed by atoms with Crippen LogP contribution in [0, 0.1) is 12.8 Å². The van der Waals surface area contributed by atoms with Crippen LogP contribution in [0.25, 0.3) is 5.78 Å². The van der Waals surface area contributed by atoms with E-state index in [4.69, 9.17) is 0 Å². The van der Waals surface area contributed by atoms with Gasteiger partial charge in [0.25, 0.3) is 5.78 Å². The minimum absolute atomic E-state index is 0.151. The Bertz CT molecular complexity index is 884. The standard InChI is InChI=1S/C17H23N7O/c1-11(2)23-7-13(5-19-23)15-8-22(6-14(15)9-25)16-4-12(3)21-17-18-10-20-24(16)17/h4-5,7,10-11,14-15,25H,6,8-9H2,1-3H3/t14-,15-/m0/s1. The van der Waals surface area contributed by atoms with Crippen molar-refractivity contribution in [3.63, 3.8) is 0 Å². The number of fused-ring (bicyclic) bond motifs is 1. The Kier molecular flexibility index (Phi) is 3.91. The maximum atomic E-state index is 9.91. The summed E-state index contributed by atoms with van der Waals surface area (Å²) in [6.45, 7) is 7.92. The van der Waals surface area contributed by atoms with Crippen LogP contribution in [-0.2, 0) is 0 Å². The van der Waals surface area contributed by atoms with E-state index in [1.807, 2.05) is 23.9 Å². The van der Waals surface area contributed by atoms with Crippen LogP contribution >= 0.6 is 0 Å². The molecular weight excluding hydrogens is 318 g/mol. The molecule has 1 saturated heterocycles. The van der Waals surface area contributed by atoms with Crippen molar-refractivity contribution in [1.82, 2.24) is 29.4 Å². The van der Waals surface area contributed by atoms with Gasteiger partial charge in [0, 0.05) is 55.5 Å². The first-order valence-electron chi connectivity index (χ1n) is 8.64. The largest absolute Gasteiger partial charge is 0.396 e. The van der Waals surface area contributed by atoms with Crippen LogP contribution in [0.1, 0.15) is 37.1 Å². The van der Waals surface area contributed by atoms with Gasteiger partial charge in [-0.25, -0.2) is 4.98 Å². The molecule has 4 heterocycles. The van der Waals surface area contributed by atoms with Gasteiger partial charge >= 0.3 is 0 Å². The van der Waals surface area contributed by atoms with E-state index in [2.05, 4.69) is 45.1 Å². The lowest BCUT2D eigenvalue weighted by Gasteiger charge is -2.19. The summed E-state index contributed by atoms with van der Waals surface area (Å²) >= 11 is 0. The highest BCUT2D eigenvalue weighted by Crippen LogP contribution is 2.35. The molecule has 8 heteroatoms. The summed E-state index contributed by atoms with van der Waals surface area (Å²) in [7, 11) is 0. The molecule has 132 valence electrons. The molecule has 25 heavy (non-hydrogen) atoms. The summed E-state index contributed by atoms with van der Waals surface area (Å²) in [6.07, 6.45) is 5.55. The summed E-state index contributed by atoms with van der Waals surface area (Å²) in [5, 5.41) is 18.7. The van der Waals surface area contributed by atoms with E-state index in [9.17, 15) is 5.11 Å². The topological polar surface area (TPSA) is 84.4 Å². The Hall–Kier alpha value is -2.48. The lowest BCUT2D eigenvalue weighted by Crippen LogP contribution is -2.23. The molecule has 0 radical (unpaired) electrons. The summed E-state index contributed by atoms with van der Waals surface area (Å²) in [6, 6.07) is 2.35. The van der Waals surface area contributed by atoms with Gasteiger partial charge in [-0.3, -0.25) is 4.68 Å². The number of aryl methyl sites for hydroxylation is 1. The molecule has 0 spiro atoms. The molecule has 4 rings (SSSR count). The molecule has 0 bridgehead atoms. The molecule has 1 fully saturated rings. The van der Waals surface area contributed by atoms with E-state index in [-0.39, 0.29) is 18.4 Å². The first kappa shape index (κ1) is 16.0. The Labute approximate surface area is 146 Å². The Morgan fingerprint density at radius 3 is 2.84 bits per heavy atom. The quantitative estimate of drug-likeness (QED) is 0.773. The fourth-order valence-corrected chi connectivity index (χ4v) is 3.58. The highest BCUT2D eigenvalue weighted by Gasteiger charge is 2.35. The molecule has 8 nitrogen and oxygen atoms in total. The fourth-order valence-electron chi connectivity index (χ4n) is 3.58. The van der Waals surface area contributed by atoms with Crippen LogP contribution in [0.3, 0.4) is 0 Å². The van der Waals surface area contributed by atoms with E-state index < -0.39 is 0 Å². The second-order valence-corrected chi connectivity index (χ2v) is 7.03. The number of rotatable bonds is 4. The smallest absolute Gasteiger partial charge is 0.254 e. The number of hydrogen-bond acceptors (Lipinski definition) is 6. The van der Waals surface area contributed by atoms with Crippen molar-refractivity contribution >= 4 is 11.6 Å². The molecule has 0 aliphatic carbocycles. The second kappa shape index (κ2) is 6.11. The Balaban J connectivity index is 1.67. The van der Waals surface area contributed by atoms with Gasteiger partial charge in [-0.1, -0.05) is 0 Å². The van der Waals surface area contributed by atoms with E-state index >= 15 is 0 Å². The summed E-state index contributed by atoms with van der Waals surface area (Å²) < 4.78 is 3.74. The monoisotopic (exact) mass is 341 g/mol. The fraction of sp³-hybridized carbons (Fsp3) is 0.529. The van der Waals surface area contributed by atoms with Crippen molar-refractivity contribution in [1.29, 1.82) is 0 Å². The molecule has 1 N–H and O–H groups in total. The third-order valence-electron chi connectivity index (χ3n) is 4.94. The molecule has 0 saturated carbocycles. The van der Waals surface area contributed by atoms with Gasteiger partial charge in [0.2, 0.25) is 0 Å². The number of aliphatic hydroxyl groups is 1. The number of aliphatic hydroxyl groups excluding tert-OH is 1. The lowest BCUT2D eigenvalue weighted by atomic mass is 9.92. The molecule has 0 aromatic carbocycles. The van der Waals surface area contributed by atoms with Crippen molar-refractivity contribution in [2.24, 2.45) is 5.92 Å². The van der Waals surface area contributed by atoms with Gasteiger partial charge in [-0.15, -0.1) is 0 Å². The zero-order valence-corrected chi connectivity index (χ0v) is 14.7. The summed E-state index contributed by atoms with van der Waals surface area (Å²) in [4.78, 5) is 10.9. The van der Waals surface area contributed by atoms with E-state index in [0.29, 0.717) is 11.8 Å². The molecule has 0 amide bonds. The van der Waals surface area contributed by atoms with Gasteiger partial charge in [-0.2, -0.15) is 19.7 Å². The minimum Gasteiger partial charge on any atom is -0.396 e. The normalized spacial score (nSPS) is 20.9. The van der Waals surface area contributed by atoms with Crippen molar-refractivity contribution in [3.05, 3.63) is 36.0 Å². The number of hydrogen-bond donors (Lipinski definition) is 1. The van der Waals surface area contributed by atoms with Crippen LogP contribution in [0.2, 0.25) is 0 Å². The van der Waals surface area contributed by atoms with E-state index in [1.165, 1.54) is 11.9 Å². The zero-order valence-electron chi connectivity index (χ0n) is 14.7. The SMILES string of the molecule is Cc1cc(N2C[C@@H](CO)[C@H](c3cnn(C(C)C)c3)C2)n2ncnc2n1. The average Bonchev–Trinajstić information content (AvgIpc) is 3.31. The zero-order chi connectivity index (χ0) is 17.6. The van der Waals surface area contributed by atoms with Gasteiger partial charge < -0.3 is 10.0 Å². The van der Waals surface area contributed by atoms with Crippen molar-refractivity contribution in [2.45, 2.75) is 32.7 Å². The van der Waals surface area contributed by atoms with Crippen LogP contribution < -0.4 is 4.90 Å². The predicted octanol–water partition coefficient (Wildman–Crippen LogP) is 1.42. The number of nitrogens with zero attached hydrogens (tertiary/aromatic N) is 7. The lowest BCUT2D eigenvalue weighted by molar-refractivity contribution is 0.227. The van der Waals surface area contributed by atoms with E-state index in [1.54, 1.807) is 4.52 Å². The summed E-state index contributed by atoms with van der Waals surface area (Å²) in [5.41, 5.74) is 2.09. The maximum absolute atomic E-state index is 9.91. The molecule has 0 unspecified atom stereocenters. The van der Waals surface area contributed by atoms with Gasteiger partial charge in [-0.05, 0) is 26.3 Å². The Morgan fingerprint density at radius 2 is 2.12 bits per heavy atom. The van der Waals surface area contributed by atoms with Crippen molar-refractivity contribution in [2.75, 3.05) is 24.6 Å². The summed E-state index contributed by atoms with van der Waals surface area (Å²) in [5.74, 6) is 1.98. The molecule has 1 aliphatic rings. The van der Waals surface area contributed by atoms with Crippen LogP contribution in [0.4, 0.5) is 5.82 Å². The molecular formula is C17H23N7O. The van der Waals surface area contributed by atoms with Gasteiger partial charge in [0.1, 0.15) is 12.1 Å². The molecule has 2 atom stereocenters. The predicted molar refractivity (Wildman–Crippen MR) is 93.7 cm³/mol.